The molecule has 0 bridgehead atoms. The molecule has 1 heterocycles. The van der Waals surface area contributed by atoms with Crippen LogP contribution < -0.4 is 0 Å². The molecule has 0 radical (unpaired) electrons. The standard InChI is InChI=1S/C17H19NO4/c1-22-17(21)14-7-8-18(10-15(14)19)16(20)13-6-5-11-3-2-4-12(11)9-13/h5-6,9,14H,2-4,7-8,10H2,1H3. The Labute approximate surface area is 129 Å². The van der Waals surface area contributed by atoms with E-state index in [1.54, 1.807) is 0 Å². The van der Waals surface area contributed by atoms with Gasteiger partial charge in [-0.2, -0.15) is 0 Å². The first-order chi connectivity index (χ1) is 10.6. The highest BCUT2D eigenvalue weighted by molar-refractivity contribution is 6.04. The number of ketones is 1. The number of hydrogen-bond acceptors (Lipinski definition) is 4. The number of benzene rings is 1. The van der Waals surface area contributed by atoms with Crippen LogP contribution in [0.5, 0.6) is 0 Å². The summed E-state index contributed by atoms with van der Waals surface area (Å²) in [5.74, 6) is -1.61. The fraction of sp³-hybridized carbons (Fsp3) is 0.471. The van der Waals surface area contributed by atoms with Gasteiger partial charge in [-0.05, 0) is 48.9 Å². The second kappa shape index (κ2) is 5.91. The molecule has 1 atom stereocenters. The third-order valence-electron chi connectivity index (χ3n) is 4.54. The number of hydrogen-bond donors (Lipinski definition) is 0. The van der Waals surface area contributed by atoms with Gasteiger partial charge in [0, 0.05) is 12.1 Å². The molecule has 1 aliphatic heterocycles. The van der Waals surface area contributed by atoms with E-state index in [1.165, 1.54) is 23.1 Å². The summed E-state index contributed by atoms with van der Waals surface area (Å²) in [4.78, 5) is 37.6. The topological polar surface area (TPSA) is 63.7 Å². The lowest BCUT2D eigenvalue weighted by Crippen LogP contribution is -2.46. The highest BCUT2D eigenvalue weighted by Gasteiger charge is 2.35. The number of aryl methyl sites for hydroxylation is 2. The largest absolute Gasteiger partial charge is 0.468 e. The van der Waals surface area contributed by atoms with E-state index in [9.17, 15) is 14.4 Å². The van der Waals surface area contributed by atoms with Crippen molar-refractivity contribution in [3.63, 3.8) is 0 Å². The zero-order valence-electron chi connectivity index (χ0n) is 12.6. The number of carbonyl (C=O) groups excluding carboxylic acids is 3. The molecule has 1 fully saturated rings. The number of likely N-dealkylation sites (tertiary alicyclic amines) is 1. The summed E-state index contributed by atoms with van der Waals surface area (Å²) in [7, 11) is 1.28. The number of carbonyl (C=O) groups is 3. The normalized spacial score (nSPS) is 20.7. The van der Waals surface area contributed by atoms with Gasteiger partial charge in [-0.25, -0.2) is 0 Å². The SMILES string of the molecule is COC(=O)C1CCN(C(=O)c2ccc3c(c2)CCC3)CC1=O. The Balaban J connectivity index is 1.71. The van der Waals surface area contributed by atoms with Crippen LogP contribution in [-0.4, -0.2) is 42.8 Å². The van der Waals surface area contributed by atoms with Crippen molar-refractivity contribution in [3.8, 4) is 0 Å². The van der Waals surface area contributed by atoms with Crippen LogP contribution in [0.25, 0.3) is 0 Å². The monoisotopic (exact) mass is 301 g/mol. The molecule has 2 aliphatic rings. The number of nitrogens with zero attached hydrogens (tertiary/aromatic N) is 1. The molecule has 0 N–H and O–H groups in total. The molecule has 5 nitrogen and oxygen atoms in total. The second-order valence-electron chi connectivity index (χ2n) is 5.89. The van der Waals surface area contributed by atoms with Crippen LogP contribution in [0.15, 0.2) is 18.2 Å². The predicted molar refractivity (Wildman–Crippen MR) is 79.5 cm³/mol. The van der Waals surface area contributed by atoms with E-state index in [1.807, 2.05) is 18.2 Å². The number of piperidine rings is 1. The maximum atomic E-state index is 12.5. The zero-order valence-corrected chi connectivity index (χ0v) is 12.6. The van der Waals surface area contributed by atoms with Crippen LogP contribution in [0.2, 0.25) is 0 Å². The van der Waals surface area contributed by atoms with Crippen molar-refractivity contribution < 1.29 is 19.1 Å². The molecule has 0 saturated carbocycles. The van der Waals surface area contributed by atoms with Gasteiger partial charge < -0.3 is 9.64 Å². The minimum absolute atomic E-state index is 0.0182. The van der Waals surface area contributed by atoms with Gasteiger partial charge in [-0.3, -0.25) is 14.4 Å². The summed E-state index contributed by atoms with van der Waals surface area (Å²) >= 11 is 0. The Hall–Kier alpha value is -2.17. The number of methoxy groups -OCH3 is 1. The van der Waals surface area contributed by atoms with E-state index >= 15 is 0 Å². The average Bonchev–Trinajstić information content (AvgIpc) is 3.00. The highest BCUT2D eigenvalue weighted by Crippen LogP contribution is 2.24. The van der Waals surface area contributed by atoms with Crippen LogP contribution in [0.3, 0.4) is 0 Å². The smallest absolute Gasteiger partial charge is 0.316 e. The minimum atomic E-state index is -0.728. The van der Waals surface area contributed by atoms with Gasteiger partial charge in [-0.15, -0.1) is 0 Å². The molecule has 1 aliphatic carbocycles. The molecule has 1 amide bonds. The summed E-state index contributed by atoms with van der Waals surface area (Å²) in [5.41, 5.74) is 3.18. The molecule has 3 rings (SSSR count). The van der Waals surface area contributed by atoms with Gasteiger partial charge in [0.15, 0.2) is 5.78 Å². The van der Waals surface area contributed by atoms with Crippen LogP contribution in [0, 0.1) is 5.92 Å². The average molecular weight is 301 g/mol. The molecule has 116 valence electrons. The Bertz CT molecular complexity index is 638. The minimum Gasteiger partial charge on any atom is -0.468 e. The second-order valence-corrected chi connectivity index (χ2v) is 5.89. The van der Waals surface area contributed by atoms with E-state index in [0.29, 0.717) is 18.5 Å². The summed E-state index contributed by atoms with van der Waals surface area (Å²) in [6, 6.07) is 5.80. The number of Topliss-reactive ketones (excluding diaryl/α,β-unsaturated/α-hetero) is 1. The molecule has 0 aromatic heterocycles. The number of ether oxygens (including phenoxy) is 1. The van der Waals surface area contributed by atoms with E-state index in [0.717, 1.165) is 19.3 Å². The van der Waals surface area contributed by atoms with Gasteiger partial charge >= 0.3 is 5.97 Å². The summed E-state index contributed by atoms with van der Waals surface area (Å²) in [6.45, 7) is 0.386. The molecular formula is C17H19NO4. The maximum absolute atomic E-state index is 12.5. The molecule has 0 spiro atoms. The molecular weight excluding hydrogens is 282 g/mol. The van der Waals surface area contributed by atoms with Gasteiger partial charge in [-0.1, -0.05) is 6.07 Å². The first kappa shape index (κ1) is 14.8. The van der Waals surface area contributed by atoms with E-state index in [2.05, 4.69) is 4.74 Å². The van der Waals surface area contributed by atoms with Crippen molar-refractivity contribution in [2.75, 3.05) is 20.2 Å². The van der Waals surface area contributed by atoms with Crippen LogP contribution >= 0.6 is 0 Å². The lowest BCUT2D eigenvalue weighted by Gasteiger charge is -2.29. The Morgan fingerprint density at radius 1 is 1.23 bits per heavy atom. The molecule has 1 saturated heterocycles. The molecule has 1 aromatic carbocycles. The molecule has 22 heavy (non-hydrogen) atoms. The number of fused-ring (bicyclic) bond motifs is 1. The van der Waals surface area contributed by atoms with E-state index < -0.39 is 11.9 Å². The quantitative estimate of drug-likeness (QED) is 0.611. The van der Waals surface area contributed by atoms with Crippen LogP contribution in [0.4, 0.5) is 0 Å². The van der Waals surface area contributed by atoms with Gasteiger partial charge in [0.05, 0.1) is 13.7 Å². The summed E-state index contributed by atoms with van der Waals surface area (Å²) in [5, 5.41) is 0. The lowest BCUT2D eigenvalue weighted by atomic mass is 9.95. The Morgan fingerprint density at radius 3 is 2.73 bits per heavy atom. The Kier molecular flexibility index (Phi) is 3.96. The highest BCUT2D eigenvalue weighted by atomic mass is 16.5. The van der Waals surface area contributed by atoms with Crippen molar-refractivity contribution in [1.29, 1.82) is 0 Å². The molecule has 1 unspecified atom stereocenters. The third kappa shape index (κ3) is 2.63. The van der Waals surface area contributed by atoms with Crippen molar-refractivity contribution in [2.24, 2.45) is 5.92 Å². The zero-order chi connectivity index (χ0) is 15.7. The number of rotatable bonds is 2. The number of amides is 1. The van der Waals surface area contributed by atoms with E-state index in [-0.39, 0.29) is 18.2 Å². The summed E-state index contributed by atoms with van der Waals surface area (Å²) in [6.07, 6.45) is 3.56. The van der Waals surface area contributed by atoms with E-state index in [4.69, 9.17) is 0 Å². The first-order valence-electron chi connectivity index (χ1n) is 7.62. The van der Waals surface area contributed by atoms with Crippen LogP contribution in [-0.2, 0) is 27.2 Å². The van der Waals surface area contributed by atoms with Crippen molar-refractivity contribution in [2.45, 2.75) is 25.7 Å². The summed E-state index contributed by atoms with van der Waals surface area (Å²) < 4.78 is 4.63. The maximum Gasteiger partial charge on any atom is 0.316 e. The van der Waals surface area contributed by atoms with Crippen LogP contribution in [0.1, 0.15) is 34.3 Å². The van der Waals surface area contributed by atoms with Gasteiger partial charge in [0.2, 0.25) is 0 Å². The van der Waals surface area contributed by atoms with Crippen molar-refractivity contribution >= 4 is 17.7 Å². The first-order valence-corrected chi connectivity index (χ1v) is 7.62. The molecule has 1 aromatic rings. The van der Waals surface area contributed by atoms with Crippen molar-refractivity contribution in [3.05, 3.63) is 34.9 Å². The third-order valence-corrected chi connectivity index (χ3v) is 4.54. The predicted octanol–water partition coefficient (Wildman–Crippen LogP) is 1.38. The lowest BCUT2D eigenvalue weighted by molar-refractivity contribution is -0.151. The Morgan fingerprint density at radius 2 is 2.00 bits per heavy atom. The fourth-order valence-electron chi connectivity index (χ4n) is 3.28. The van der Waals surface area contributed by atoms with Crippen molar-refractivity contribution in [1.82, 2.24) is 4.90 Å². The van der Waals surface area contributed by atoms with Gasteiger partial charge in [0.1, 0.15) is 5.92 Å². The fourth-order valence-corrected chi connectivity index (χ4v) is 3.28. The molecule has 5 heteroatoms. The number of esters is 1. The van der Waals surface area contributed by atoms with Gasteiger partial charge in [0.25, 0.3) is 5.91 Å².